The highest BCUT2D eigenvalue weighted by Gasteiger charge is 2.21. The van der Waals surface area contributed by atoms with Crippen molar-refractivity contribution in [3.05, 3.63) is 64.0 Å². The summed E-state index contributed by atoms with van der Waals surface area (Å²) in [6, 6.07) is 8.47. The fourth-order valence-corrected chi connectivity index (χ4v) is 2.74. The van der Waals surface area contributed by atoms with Gasteiger partial charge in [-0.3, -0.25) is 14.8 Å². The number of hydrogen-bond donors (Lipinski definition) is 1. The number of rotatable bonds is 4. The van der Waals surface area contributed by atoms with Gasteiger partial charge in [0.15, 0.2) is 0 Å². The van der Waals surface area contributed by atoms with E-state index in [0.717, 1.165) is 23.8 Å². The first-order chi connectivity index (χ1) is 9.79. The lowest BCUT2D eigenvalue weighted by Gasteiger charge is -2.08. The van der Waals surface area contributed by atoms with Crippen molar-refractivity contribution in [2.75, 3.05) is 4.72 Å². The van der Waals surface area contributed by atoms with Crippen LogP contribution >= 0.6 is 0 Å². The van der Waals surface area contributed by atoms with Crippen molar-refractivity contribution < 1.29 is 17.7 Å². The van der Waals surface area contributed by atoms with Crippen molar-refractivity contribution >= 4 is 21.4 Å². The van der Waals surface area contributed by atoms with Gasteiger partial charge in [-0.2, -0.15) is 0 Å². The maximum atomic E-state index is 13.2. The van der Waals surface area contributed by atoms with E-state index in [4.69, 9.17) is 0 Å². The van der Waals surface area contributed by atoms with Crippen molar-refractivity contribution in [3.63, 3.8) is 0 Å². The number of halogens is 1. The Hall–Kier alpha value is -2.48. The van der Waals surface area contributed by atoms with Crippen molar-refractivity contribution in [1.82, 2.24) is 0 Å². The number of nitro benzene ring substituents is 1. The van der Waals surface area contributed by atoms with E-state index in [1.807, 2.05) is 4.72 Å². The highest BCUT2D eigenvalue weighted by molar-refractivity contribution is 7.92. The van der Waals surface area contributed by atoms with Gasteiger partial charge in [0.25, 0.3) is 15.7 Å². The van der Waals surface area contributed by atoms with Crippen LogP contribution in [0.2, 0.25) is 0 Å². The van der Waals surface area contributed by atoms with Gasteiger partial charge >= 0.3 is 0 Å². The average molecular weight is 310 g/mol. The highest BCUT2D eigenvalue weighted by Crippen LogP contribution is 2.27. The molecule has 0 atom stereocenters. The molecule has 2 rings (SSSR count). The van der Waals surface area contributed by atoms with Crippen LogP contribution in [0.1, 0.15) is 5.56 Å². The van der Waals surface area contributed by atoms with Crippen LogP contribution < -0.4 is 4.72 Å². The molecule has 21 heavy (non-hydrogen) atoms. The number of anilines is 1. The molecule has 0 bridgehead atoms. The molecule has 2 aromatic rings. The molecule has 0 radical (unpaired) electrons. The molecule has 0 amide bonds. The van der Waals surface area contributed by atoms with E-state index in [9.17, 15) is 22.9 Å². The Kier molecular flexibility index (Phi) is 3.90. The van der Waals surface area contributed by atoms with Crippen LogP contribution in [-0.4, -0.2) is 13.3 Å². The number of nitrogens with one attached hydrogen (secondary N) is 1. The Bertz CT molecular complexity index is 788. The summed E-state index contributed by atoms with van der Waals surface area (Å²) < 4.78 is 39.5. The van der Waals surface area contributed by atoms with Gasteiger partial charge in [0.1, 0.15) is 11.5 Å². The topological polar surface area (TPSA) is 89.3 Å². The molecule has 0 fully saturated rings. The van der Waals surface area contributed by atoms with Gasteiger partial charge in [0, 0.05) is 12.1 Å². The van der Waals surface area contributed by atoms with Gasteiger partial charge in [-0.05, 0) is 25.1 Å². The van der Waals surface area contributed by atoms with Gasteiger partial charge in [-0.25, -0.2) is 12.8 Å². The first kappa shape index (κ1) is 14.9. The smallest absolute Gasteiger partial charge is 0.273 e. The first-order valence-electron chi connectivity index (χ1n) is 5.83. The minimum Gasteiger partial charge on any atom is -0.273 e. The number of benzene rings is 2. The number of hydrogen-bond acceptors (Lipinski definition) is 4. The van der Waals surface area contributed by atoms with Gasteiger partial charge < -0.3 is 0 Å². The van der Waals surface area contributed by atoms with E-state index in [2.05, 4.69) is 0 Å². The van der Waals surface area contributed by atoms with Crippen molar-refractivity contribution in [2.24, 2.45) is 0 Å². The SMILES string of the molecule is Cc1ccc(S(=O)(=O)Nc2cc(F)ccc2[N+](=O)[O-])cc1. The third-order valence-corrected chi connectivity index (χ3v) is 4.11. The summed E-state index contributed by atoms with van der Waals surface area (Å²) in [7, 11) is -4.02. The lowest BCUT2D eigenvalue weighted by molar-refractivity contribution is -0.383. The van der Waals surface area contributed by atoms with Crippen LogP contribution in [0.25, 0.3) is 0 Å². The van der Waals surface area contributed by atoms with Crippen LogP contribution in [0, 0.1) is 22.9 Å². The zero-order valence-electron chi connectivity index (χ0n) is 10.9. The number of sulfonamides is 1. The molecule has 0 aromatic heterocycles. The largest absolute Gasteiger partial charge is 0.293 e. The summed E-state index contributed by atoms with van der Waals surface area (Å²) in [4.78, 5) is 10.00. The predicted molar refractivity (Wildman–Crippen MR) is 75.0 cm³/mol. The molecule has 6 nitrogen and oxygen atoms in total. The maximum Gasteiger partial charge on any atom is 0.293 e. The van der Waals surface area contributed by atoms with E-state index in [0.29, 0.717) is 0 Å². The van der Waals surface area contributed by atoms with Crippen molar-refractivity contribution in [1.29, 1.82) is 0 Å². The lowest BCUT2D eigenvalue weighted by Crippen LogP contribution is -2.14. The second-order valence-corrected chi connectivity index (χ2v) is 6.02. The molecule has 0 heterocycles. The molecule has 8 heteroatoms. The summed E-state index contributed by atoms with van der Waals surface area (Å²) in [6.45, 7) is 1.79. The van der Waals surface area contributed by atoms with E-state index in [1.54, 1.807) is 19.1 Å². The van der Waals surface area contributed by atoms with Gasteiger partial charge in [0.2, 0.25) is 0 Å². The molecular formula is C13H11FN2O4S. The maximum absolute atomic E-state index is 13.2. The van der Waals surface area contributed by atoms with Gasteiger partial charge in [-0.1, -0.05) is 17.7 Å². The Labute approximate surface area is 120 Å². The molecule has 0 saturated carbocycles. The fraction of sp³-hybridized carbons (Fsp3) is 0.0769. The van der Waals surface area contributed by atoms with Gasteiger partial charge in [-0.15, -0.1) is 0 Å². The Morgan fingerprint density at radius 3 is 2.33 bits per heavy atom. The number of nitrogens with zero attached hydrogens (tertiary/aromatic N) is 1. The normalized spacial score (nSPS) is 11.1. The predicted octanol–water partition coefficient (Wildman–Crippen LogP) is 2.84. The van der Waals surface area contributed by atoms with Crippen molar-refractivity contribution in [2.45, 2.75) is 11.8 Å². The lowest BCUT2D eigenvalue weighted by atomic mass is 10.2. The second kappa shape index (κ2) is 5.49. The zero-order valence-corrected chi connectivity index (χ0v) is 11.7. The quantitative estimate of drug-likeness (QED) is 0.694. The Balaban J connectivity index is 2.43. The number of nitro groups is 1. The second-order valence-electron chi connectivity index (χ2n) is 4.34. The van der Waals surface area contributed by atoms with Gasteiger partial charge in [0.05, 0.1) is 9.82 Å². The molecule has 110 valence electrons. The van der Waals surface area contributed by atoms with Crippen LogP contribution in [-0.2, 0) is 10.0 Å². The summed E-state index contributed by atoms with van der Waals surface area (Å²) >= 11 is 0. The Morgan fingerprint density at radius 1 is 1.14 bits per heavy atom. The molecular weight excluding hydrogens is 299 g/mol. The summed E-state index contributed by atoms with van der Waals surface area (Å²) in [5.74, 6) is -0.776. The molecule has 0 spiro atoms. The minimum atomic E-state index is -4.02. The molecule has 1 N–H and O–H groups in total. The van der Waals surface area contributed by atoms with E-state index < -0.39 is 32.1 Å². The first-order valence-corrected chi connectivity index (χ1v) is 7.31. The molecule has 2 aromatic carbocycles. The fourth-order valence-electron chi connectivity index (χ4n) is 1.67. The molecule has 0 aliphatic heterocycles. The van der Waals surface area contributed by atoms with Crippen LogP contribution in [0.15, 0.2) is 47.4 Å². The molecule has 0 aliphatic rings. The van der Waals surface area contributed by atoms with Crippen molar-refractivity contribution in [3.8, 4) is 0 Å². The Morgan fingerprint density at radius 2 is 1.76 bits per heavy atom. The zero-order chi connectivity index (χ0) is 15.6. The van der Waals surface area contributed by atoms with E-state index in [-0.39, 0.29) is 4.90 Å². The minimum absolute atomic E-state index is 0.0633. The third kappa shape index (κ3) is 3.34. The summed E-state index contributed by atoms with van der Waals surface area (Å²) in [6.07, 6.45) is 0. The third-order valence-electron chi connectivity index (χ3n) is 2.73. The van der Waals surface area contributed by atoms with Crippen LogP contribution in [0.4, 0.5) is 15.8 Å². The average Bonchev–Trinajstić information content (AvgIpc) is 2.38. The molecule has 0 unspecified atom stereocenters. The van der Waals surface area contributed by atoms with Crippen LogP contribution in [0.5, 0.6) is 0 Å². The molecule has 0 aliphatic carbocycles. The number of aryl methyl sites for hydroxylation is 1. The standard InChI is InChI=1S/C13H11FN2O4S/c1-9-2-5-11(6-3-9)21(19,20)15-12-8-10(14)4-7-13(12)16(17)18/h2-8,15H,1H3. The summed E-state index contributed by atoms with van der Waals surface area (Å²) in [5, 5.41) is 10.8. The van der Waals surface area contributed by atoms with E-state index in [1.165, 1.54) is 12.1 Å². The van der Waals surface area contributed by atoms with Crippen LogP contribution in [0.3, 0.4) is 0 Å². The highest BCUT2D eigenvalue weighted by atomic mass is 32.2. The molecule has 0 saturated heterocycles. The summed E-state index contributed by atoms with van der Waals surface area (Å²) in [5.41, 5.74) is -0.0710. The monoisotopic (exact) mass is 310 g/mol. The van der Waals surface area contributed by atoms with E-state index >= 15 is 0 Å².